The first-order chi connectivity index (χ1) is 13.7. The summed E-state index contributed by atoms with van der Waals surface area (Å²) in [6.07, 6.45) is 3.30. The van der Waals surface area contributed by atoms with Crippen molar-refractivity contribution in [2.24, 2.45) is 0 Å². The number of tetrazole rings is 1. The van der Waals surface area contributed by atoms with Crippen LogP contribution in [0.5, 0.6) is 0 Å². The maximum absolute atomic E-state index is 12.1. The SMILES string of the molecule is Cc1ccc(-n2nnnc2SCc2cc(=O)oc3cc4c(cc23)CCC4)cc1. The second kappa shape index (κ2) is 6.91. The molecule has 2 aromatic heterocycles. The highest BCUT2D eigenvalue weighted by molar-refractivity contribution is 7.98. The van der Waals surface area contributed by atoms with E-state index < -0.39 is 0 Å². The predicted octanol–water partition coefficient (Wildman–Crippen LogP) is 3.86. The van der Waals surface area contributed by atoms with Gasteiger partial charge in [-0.25, -0.2) is 4.79 Å². The molecular formula is C21H18N4O2S. The molecule has 2 heterocycles. The lowest BCUT2D eigenvalue weighted by atomic mass is 10.0. The third-order valence-electron chi connectivity index (χ3n) is 5.12. The highest BCUT2D eigenvalue weighted by Gasteiger charge is 2.16. The van der Waals surface area contributed by atoms with Gasteiger partial charge in [-0.3, -0.25) is 0 Å². The zero-order valence-corrected chi connectivity index (χ0v) is 16.2. The molecule has 0 amide bonds. The molecule has 0 atom stereocenters. The quantitative estimate of drug-likeness (QED) is 0.389. The highest BCUT2D eigenvalue weighted by Crippen LogP contribution is 2.31. The first kappa shape index (κ1) is 17.2. The van der Waals surface area contributed by atoms with E-state index >= 15 is 0 Å². The van der Waals surface area contributed by atoms with Crippen LogP contribution in [0, 0.1) is 6.92 Å². The molecule has 0 fully saturated rings. The van der Waals surface area contributed by atoms with Crippen molar-refractivity contribution in [2.75, 3.05) is 0 Å². The van der Waals surface area contributed by atoms with Crippen LogP contribution in [-0.4, -0.2) is 20.2 Å². The molecule has 0 spiro atoms. The van der Waals surface area contributed by atoms with Gasteiger partial charge < -0.3 is 4.42 Å². The number of nitrogens with zero attached hydrogens (tertiary/aromatic N) is 4. The molecule has 0 aliphatic heterocycles. The molecule has 1 aliphatic carbocycles. The molecule has 0 N–H and O–H groups in total. The second-order valence-electron chi connectivity index (χ2n) is 7.06. The van der Waals surface area contributed by atoms with Crippen LogP contribution < -0.4 is 5.63 Å². The van der Waals surface area contributed by atoms with Gasteiger partial charge in [-0.15, -0.1) is 5.10 Å². The number of benzene rings is 2. The normalized spacial score (nSPS) is 13.2. The summed E-state index contributed by atoms with van der Waals surface area (Å²) in [6, 6.07) is 13.8. The minimum absolute atomic E-state index is 0.320. The van der Waals surface area contributed by atoms with Crippen molar-refractivity contribution < 1.29 is 4.42 Å². The zero-order chi connectivity index (χ0) is 19.1. The molecule has 0 radical (unpaired) electrons. The van der Waals surface area contributed by atoms with Crippen molar-refractivity contribution in [2.45, 2.75) is 37.1 Å². The molecule has 6 nitrogen and oxygen atoms in total. The Balaban J connectivity index is 1.48. The number of aromatic nitrogens is 4. The number of hydrogen-bond donors (Lipinski definition) is 0. The molecule has 2 aromatic carbocycles. The van der Waals surface area contributed by atoms with Crippen LogP contribution in [-0.2, 0) is 18.6 Å². The summed E-state index contributed by atoms with van der Waals surface area (Å²) >= 11 is 1.51. The topological polar surface area (TPSA) is 73.8 Å². The molecule has 1 aliphatic rings. The van der Waals surface area contributed by atoms with Gasteiger partial charge in [0.1, 0.15) is 5.58 Å². The van der Waals surface area contributed by atoms with Crippen LogP contribution in [0.2, 0.25) is 0 Å². The Morgan fingerprint density at radius 2 is 1.89 bits per heavy atom. The van der Waals surface area contributed by atoms with Gasteiger partial charge in [-0.1, -0.05) is 29.5 Å². The Bertz CT molecular complexity index is 1230. The van der Waals surface area contributed by atoms with Gasteiger partial charge in [-0.2, -0.15) is 4.68 Å². The standard InChI is InChI=1S/C21H18N4O2S/c1-13-5-7-17(8-6-13)25-21(22-23-24-25)28-12-16-11-20(26)27-19-10-15-4-2-3-14(15)9-18(16)19/h5-11H,2-4,12H2,1H3. The van der Waals surface area contributed by atoms with E-state index in [0.717, 1.165) is 35.9 Å². The summed E-state index contributed by atoms with van der Waals surface area (Å²) < 4.78 is 7.18. The van der Waals surface area contributed by atoms with Crippen molar-refractivity contribution in [3.05, 3.63) is 75.1 Å². The maximum Gasteiger partial charge on any atom is 0.336 e. The Kier molecular flexibility index (Phi) is 4.24. The van der Waals surface area contributed by atoms with Crippen LogP contribution in [0.25, 0.3) is 16.7 Å². The van der Waals surface area contributed by atoms with E-state index in [1.165, 1.54) is 28.5 Å². The summed E-state index contributed by atoms with van der Waals surface area (Å²) in [5.41, 5.74) is 6.04. The lowest BCUT2D eigenvalue weighted by Gasteiger charge is -2.08. The van der Waals surface area contributed by atoms with Crippen molar-refractivity contribution >= 4 is 22.7 Å². The smallest absolute Gasteiger partial charge is 0.336 e. The summed E-state index contributed by atoms with van der Waals surface area (Å²) in [4.78, 5) is 12.1. The van der Waals surface area contributed by atoms with Crippen molar-refractivity contribution in [3.63, 3.8) is 0 Å². The Morgan fingerprint density at radius 3 is 2.71 bits per heavy atom. The van der Waals surface area contributed by atoms with Crippen LogP contribution in [0.4, 0.5) is 0 Å². The van der Waals surface area contributed by atoms with Crippen LogP contribution in [0.3, 0.4) is 0 Å². The average molecular weight is 390 g/mol. The van der Waals surface area contributed by atoms with E-state index in [0.29, 0.717) is 16.5 Å². The van der Waals surface area contributed by atoms with E-state index in [2.05, 4.69) is 21.6 Å². The first-order valence-electron chi connectivity index (χ1n) is 9.24. The lowest BCUT2D eigenvalue weighted by Crippen LogP contribution is -2.02. The first-order valence-corrected chi connectivity index (χ1v) is 10.2. The van der Waals surface area contributed by atoms with Crippen molar-refractivity contribution in [3.8, 4) is 5.69 Å². The Hall–Kier alpha value is -2.93. The minimum atomic E-state index is -0.320. The van der Waals surface area contributed by atoms with Gasteiger partial charge in [0.15, 0.2) is 0 Å². The van der Waals surface area contributed by atoms with Gasteiger partial charge in [0.2, 0.25) is 5.16 Å². The average Bonchev–Trinajstić information content (AvgIpc) is 3.34. The summed E-state index contributed by atoms with van der Waals surface area (Å²) in [5.74, 6) is 0.590. The van der Waals surface area contributed by atoms with E-state index in [9.17, 15) is 4.79 Å². The molecule has 140 valence electrons. The largest absolute Gasteiger partial charge is 0.423 e. The van der Waals surface area contributed by atoms with Gasteiger partial charge in [-0.05, 0) is 77.6 Å². The number of aryl methyl sites for hydroxylation is 3. The van der Waals surface area contributed by atoms with Crippen LogP contribution in [0.15, 0.2) is 56.8 Å². The fourth-order valence-electron chi connectivity index (χ4n) is 3.67. The number of hydrogen-bond acceptors (Lipinski definition) is 6. The monoisotopic (exact) mass is 390 g/mol. The molecule has 28 heavy (non-hydrogen) atoms. The van der Waals surface area contributed by atoms with Gasteiger partial charge in [0, 0.05) is 17.2 Å². The fourth-order valence-corrected chi connectivity index (χ4v) is 4.56. The summed E-state index contributed by atoms with van der Waals surface area (Å²) in [6.45, 7) is 2.04. The Morgan fingerprint density at radius 1 is 1.11 bits per heavy atom. The van der Waals surface area contributed by atoms with Crippen molar-refractivity contribution in [1.82, 2.24) is 20.2 Å². The molecule has 0 unspecified atom stereocenters. The van der Waals surface area contributed by atoms with Gasteiger partial charge in [0.25, 0.3) is 0 Å². The van der Waals surface area contributed by atoms with Gasteiger partial charge in [0.05, 0.1) is 5.69 Å². The van der Waals surface area contributed by atoms with Crippen molar-refractivity contribution in [1.29, 1.82) is 0 Å². The number of fused-ring (bicyclic) bond motifs is 2. The maximum atomic E-state index is 12.1. The fraction of sp³-hybridized carbons (Fsp3) is 0.238. The zero-order valence-electron chi connectivity index (χ0n) is 15.4. The molecule has 7 heteroatoms. The predicted molar refractivity (Wildman–Crippen MR) is 108 cm³/mol. The van der Waals surface area contributed by atoms with Gasteiger partial charge >= 0.3 is 5.63 Å². The molecule has 0 saturated heterocycles. The molecule has 4 aromatic rings. The summed E-state index contributed by atoms with van der Waals surface area (Å²) in [7, 11) is 0. The third kappa shape index (κ3) is 3.11. The lowest BCUT2D eigenvalue weighted by molar-refractivity contribution is 0.559. The van der Waals surface area contributed by atoms with E-state index in [1.807, 2.05) is 37.3 Å². The molecule has 5 rings (SSSR count). The van der Waals surface area contributed by atoms with Crippen LogP contribution >= 0.6 is 11.8 Å². The van der Waals surface area contributed by atoms with E-state index in [-0.39, 0.29) is 5.63 Å². The second-order valence-corrected chi connectivity index (χ2v) is 8.00. The third-order valence-corrected chi connectivity index (χ3v) is 6.09. The molecular weight excluding hydrogens is 372 g/mol. The Labute approximate surface area is 165 Å². The minimum Gasteiger partial charge on any atom is -0.423 e. The van der Waals surface area contributed by atoms with E-state index in [1.54, 1.807) is 10.7 Å². The number of rotatable bonds is 4. The summed E-state index contributed by atoms with van der Waals surface area (Å²) in [5, 5.41) is 13.8. The molecule has 0 bridgehead atoms. The highest BCUT2D eigenvalue weighted by atomic mass is 32.2. The molecule has 0 saturated carbocycles. The van der Waals surface area contributed by atoms with E-state index in [4.69, 9.17) is 4.42 Å². The number of thioether (sulfide) groups is 1. The van der Waals surface area contributed by atoms with Crippen LogP contribution in [0.1, 0.15) is 28.7 Å².